The summed E-state index contributed by atoms with van der Waals surface area (Å²) >= 11 is 6.39. The molecule has 0 aliphatic carbocycles. The normalized spacial score (nSPS) is 20.6. The second-order valence-corrected chi connectivity index (χ2v) is 6.84. The van der Waals surface area contributed by atoms with Gasteiger partial charge >= 0.3 is 0 Å². The molecule has 7 heteroatoms. The molecule has 0 radical (unpaired) electrons. The van der Waals surface area contributed by atoms with Gasteiger partial charge in [-0.1, -0.05) is 17.7 Å². The number of benzene rings is 1. The number of halogens is 3. The summed E-state index contributed by atoms with van der Waals surface area (Å²) in [6.07, 6.45) is 5.34. The van der Waals surface area contributed by atoms with Crippen LogP contribution in [0.2, 0.25) is 5.15 Å². The maximum atomic E-state index is 14.5. The molecule has 2 atom stereocenters. The van der Waals surface area contributed by atoms with Gasteiger partial charge in [-0.3, -0.25) is 4.40 Å². The summed E-state index contributed by atoms with van der Waals surface area (Å²) in [6.45, 7) is 4.20. The molecule has 0 amide bonds. The van der Waals surface area contributed by atoms with Crippen LogP contribution in [-0.4, -0.2) is 26.5 Å². The molecule has 25 heavy (non-hydrogen) atoms. The molecule has 1 aliphatic rings. The van der Waals surface area contributed by atoms with Gasteiger partial charge in [0.05, 0.1) is 11.1 Å². The van der Waals surface area contributed by atoms with Crippen LogP contribution in [0, 0.1) is 11.6 Å². The molecule has 4 nitrogen and oxygen atoms in total. The van der Waals surface area contributed by atoms with Gasteiger partial charge in [0, 0.05) is 24.5 Å². The van der Waals surface area contributed by atoms with Gasteiger partial charge in [0.15, 0.2) is 0 Å². The topological polar surface area (TPSA) is 33.4 Å². The van der Waals surface area contributed by atoms with E-state index in [1.165, 1.54) is 18.2 Å². The zero-order chi connectivity index (χ0) is 17.7. The third-order valence-electron chi connectivity index (χ3n) is 4.89. The lowest BCUT2D eigenvalue weighted by atomic mass is 10.1. The Hall–Kier alpha value is -2.21. The van der Waals surface area contributed by atoms with Crippen LogP contribution in [0.1, 0.15) is 26.7 Å². The highest BCUT2D eigenvalue weighted by molar-refractivity contribution is 6.33. The van der Waals surface area contributed by atoms with Crippen LogP contribution < -0.4 is 4.90 Å². The van der Waals surface area contributed by atoms with Crippen molar-refractivity contribution in [3.05, 3.63) is 47.4 Å². The van der Waals surface area contributed by atoms with Crippen LogP contribution in [0.3, 0.4) is 0 Å². The Morgan fingerprint density at radius 3 is 2.36 bits per heavy atom. The lowest BCUT2D eigenvalue weighted by Gasteiger charge is -2.31. The van der Waals surface area contributed by atoms with Crippen LogP contribution in [0.15, 0.2) is 30.6 Å². The predicted molar refractivity (Wildman–Crippen MR) is 94.0 cm³/mol. The van der Waals surface area contributed by atoms with Crippen LogP contribution in [-0.2, 0) is 0 Å². The molecular formula is C18H17ClF2N4. The van der Waals surface area contributed by atoms with Crippen molar-refractivity contribution in [3.8, 4) is 11.1 Å². The van der Waals surface area contributed by atoms with Crippen molar-refractivity contribution in [2.75, 3.05) is 4.90 Å². The van der Waals surface area contributed by atoms with Crippen molar-refractivity contribution < 1.29 is 8.78 Å². The van der Waals surface area contributed by atoms with E-state index in [0.717, 1.165) is 12.8 Å². The lowest BCUT2D eigenvalue weighted by molar-refractivity contribution is 0.588. The van der Waals surface area contributed by atoms with E-state index in [1.54, 1.807) is 16.8 Å². The van der Waals surface area contributed by atoms with Crippen LogP contribution in [0.4, 0.5) is 14.6 Å². The summed E-state index contributed by atoms with van der Waals surface area (Å²) in [5, 5.41) is 0.0454. The lowest BCUT2D eigenvalue weighted by Crippen LogP contribution is -2.34. The fraction of sp³-hybridized carbons (Fsp3) is 0.333. The third kappa shape index (κ3) is 2.47. The number of imidazole rings is 1. The van der Waals surface area contributed by atoms with E-state index in [1.807, 2.05) is 0 Å². The van der Waals surface area contributed by atoms with E-state index in [-0.39, 0.29) is 28.4 Å². The van der Waals surface area contributed by atoms with Gasteiger partial charge in [0.1, 0.15) is 22.6 Å². The standard InChI is InChI=1S/C18H17ClF2N4/c1-10-6-7-11(2)25(10)17-15(14-12(20)4-3-5-13(14)21)16(19)23-18-22-8-9-24(17)18/h3-5,8-11H,6-7H2,1-2H3. The Morgan fingerprint density at radius 2 is 1.72 bits per heavy atom. The van der Waals surface area contributed by atoms with Gasteiger partial charge < -0.3 is 4.90 Å². The Balaban J connectivity index is 2.11. The first-order valence-corrected chi connectivity index (χ1v) is 8.62. The van der Waals surface area contributed by atoms with Crippen molar-refractivity contribution >= 4 is 23.2 Å². The van der Waals surface area contributed by atoms with Gasteiger partial charge in [-0.25, -0.2) is 13.8 Å². The molecular weight excluding hydrogens is 346 g/mol. The fourth-order valence-corrected chi connectivity index (χ4v) is 3.97. The number of anilines is 1. The molecule has 0 N–H and O–H groups in total. The molecule has 1 aromatic carbocycles. The number of fused-ring (bicyclic) bond motifs is 1. The van der Waals surface area contributed by atoms with Gasteiger partial charge in [-0.05, 0) is 38.8 Å². The maximum Gasteiger partial charge on any atom is 0.236 e. The molecule has 3 aromatic rings. The molecule has 1 fully saturated rings. The smallest absolute Gasteiger partial charge is 0.236 e. The van der Waals surface area contributed by atoms with E-state index in [0.29, 0.717) is 11.6 Å². The molecule has 0 bridgehead atoms. The minimum absolute atomic E-state index is 0.0454. The van der Waals surface area contributed by atoms with Crippen LogP contribution in [0.25, 0.3) is 16.9 Å². The van der Waals surface area contributed by atoms with E-state index >= 15 is 0 Å². The predicted octanol–water partition coefficient (Wildman–Crippen LogP) is 4.71. The summed E-state index contributed by atoms with van der Waals surface area (Å²) in [5.74, 6) is -0.284. The Kier molecular flexibility index (Phi) is 3.87. The van der Waals surface area contributed by atoms with Gasteiger partial charge in [-0.15, -0.1) is 0 Å². The highest BCUT2D eigenvalue weighted by atomic mass is 35.5. The Labute approximate surface area is 149 Å². The van der Waals surface area contributed by atoms with Crippen LogP contribution >= 0.6 is 11.6 Å². The first-order valence-electron chi connectivity index (χ1n) is 8.24. The fourth-order valence-electron chi connectivity index (χ4n) is 3.72. The first kappa shape index (κ1) is 16.3. The molecule has 2 unspecified atom stereocenters. The summed E-state index contributed by atoms with van der Waals surface area (Å²) in [5.41, 5.74) is 0.111. The Bertz CT molecular complexity index is 925. The first-order chi connectivity index (χ1) is 12.0. The van der Waals surface area contributed by atoms with Crippen molar-refractivity contribution in [1.29, 1.82) is 0 Å². The van der Waals surface area contributed by atoms with Crippen molar-refractivity contribution in [2.45, 2.75) is 38.8 Å². The second kappa shape index (κ2) is 5.95. The summed E-state index contributed by atoms with van der Waals surface area (Å²) in [6, 6.07) is 4.23. The van der Waals surface area contributed by atoms with E-state index < -0.39 is 11.6 Å². The molecule has 2 aromatic heterocycles. The zero-order valence-electron chi connectivity index (χ0n) is 13.9. The van der Waals surface area contributed by atoms with Crippen molar-refractivity contribution in [3.63, 3.8) is 0 Å². The van der Waals surface area contributed by atoms with Gasteiger partial charge in [-0.2, -0.15) is 4.98 Å². The second-order valence-electron chi connectivity index (χ2n) is 6.48. The number of rotatable bonds is 2. The number of hydrogen-bond acceptors (Lipinski definition) is 3. The minimum Gasteiger partial charge on any atom is -0.352 e. The Morgan fingerprint density at radius 1 is 1.08 bits per heavy atom. The molecule has 1 saturated heterocycles. The molecule has 1 aliphatic heterocycles. The van der Waals surface area contributed by atoms with E-state index in [4.69, 9.17) is 11.6 Å². The highest BCUT2D eigenvalue weighted by Gasteiger charge is 2.34. The number of nitrogens with zero attached hydrogens (tertiary/aromatic N) is 4. The zero-order valence-corrected chi connectivity index (χ0v) is 14.6. The average molecular weight is 363 g/mol. The molecule has 0 spiro atoms. The minimum atomic E-state index is -0.663. The average Bonchev–Trinajstić information content (AvgIpc) is 3.14. The van der Waals surface area contributed by atoms with Gasteiger partial charge in [0.25, 0.3) is 0 Å². The molecule has 0 saturated carbocycles. The largest absolute Gasteiger partial charge is 0.352 e. The summed E-state index contributed by atoms with van der Waals surface area (Å²) < 4.78 is 30.8. The van der Waals surface area contributed by atoms with Crippen molar-refractivity contribution in [2.24, 2.45) is 0 Å². The monoisotopic (exact) mass is 362 g/mol. The van der Waals surface area contributed by atoms with E-state index in [9.17, 15) is 8.78 Å². The maximum absolute atomic E-state index is 14.5. The molecule has 130 valence electrons. The number of hydrogen-bond donors (Lipinski definition) is 0. The summed E-state index contributed by atoms with van der Waals surface area (Å²) in [7, 11) is 0. The van der Waals surface area contributed by atoms with Crippen LogP contribution in [0.5, 0.6) is 0 Å². The molecule has 3 heterocycles. The van der Waals surface area contributed by atoms with Gasteiger partial charge in [0.2, 0.25) is 5.78 Å². The SMILES string of the molecule is CC1CCC(C)N1c1c(-c2c(F)cccc2F)c(Cl)nc2nccn12. The molecule has 4 rings (SSSR count). The third-order valence-corrected chi connectivity index (χ3v) is 5.16. The number of aromatic nitrogens is 3. The van der Waals surface area contributed by atoms with Crippen molar-refractivity contribution in [1.82, 2.24) is 14.4 Å². The highest BCUT2D eigenvalue weighted by Crippen LogP contribution is 2.42. The summed E-state index contributed by atoms with van der Waals surface area (Å²) in [4.78, 5) is 10.6. The quantitative estimate of drug-likeness (QED) is 0.619. The van der Waals surface area contributed by atoms with E-state index in [2.05, 4.69) is 28.7 Å².